The third kappa shape index (κ3) is 3.54. The second kappa shape index (κ2) is 7.15. The zero-order valence-electron chi connectivity index (χ0n) is 11.3. The number of pyridine rings is 1. The van der Waals surface area contributed by atoms with Gasteiger partial charge in [0.1, 0.15) is 0 Å². The first-order valence-corrected chi connectivity index (χ1v) is 7.93. The molecule has 24 heavy (non-hydrogen) atoms. The van der Waals surface area contributed by atoms with Gasteiger partial charge in [-0.05, 0) is 6.07 Å². The summed E-state index contributed by atoms with van der Waals surface area (Å²) in [6.45, 7) is 0. The molecule has 2 rings (SSSR count). The van der Waals surface area contributed by atoms with Crippen LogP contribution in [0.5, 0.6) is 0 Å². The number of hydrogen-bond donors (Lipinski definition) is 0. The zero-order valence-corrected chi connectivity index (χ0v) is 15.1. The smallest absolute Gasteiger partial charge is 0.259 e. The average Bonchev–Trinajstić information content (AvgIpc) is 2.51. The van der Waals surface area contributed by atoms with Crippen LogP contribution in [0.3, 0.4) is 0 Å². The molecule has 0 aliphatic carbocycles. The summed E-state index contributed by atoms with van der Waals surface area (Å²) in [6.07, 6.45) is -4.11. The van der Waals surface area contributed by atoms with Gasteiger partial charge in [-0.25, -0.2) is 0 Å². The molecule has 0 atom stereocenters. The van der Waals surface area contributed by atoms with Crippen LogP contribution >= 0.6 is 58.0 Å². The van der Waals surface area contributed by atoms with Crippen molar-refractivity contribution in [1.29, 1.82) is 5.26 Å². The van der Waals surface area contributed by atoms with Gasteiger partial charge in [0.15, 0.2) is 0 Å². The van der Waals surface area contributed by atoms with E-state index in [1.807, 2.05) is 0 Å². The van der Waals surface area contributed by atoms with E-state index in [0.717, 1.165) is 12.3 Å². The summed E-state index contributed by atoms with van der Waals surface area (Å²) in [4.78, 5) is 3.70. The second-order valence-corrected chi connectivity index (χ2v) is 6.39. The van der Waals surface area contributed by atoms with E-state index in [-0.39, 0.29) is 36.2 Å². The van der Waals surface area contributed by atoms with Gasteiger partial charge in [-0.15, -0.1) is 0 Å². The lowest BCUT2D eigenvalue weighted by molar-refractivity contribution is -0.138. The highest BCUT2D eigenvalue weighted by molar-refractivity contribution is 6.56. The first kappa shape index (κ1) is 19.4. The van der Waals surface area contributed by atoms with Gasteiger partial charge < -0.3 is 0 Å². The lowest BCUT2D eigenvalue weighted by Crippen LogP contribution is -2.11. The number of nitrogens with zero attached hydrogens (tertiary/aromatic N) is 2. The molecule has 0 saturated heterocycles. The van der Waals surface area contributed by atoms with Gasteiger partial charge in [-0.3, -0.25) is 4.98 Å². The molecule has 0 radical (unpaired) electrons. The number of hydrogen-bond acceptors (Lipinski definition) is 2. The first-order valence-electron chi connectivity index (χ1n) is 6.04. The molecule has 0 spiro atoms. The second-order valence-electron chi connectivity index (χ2n) is 4.50. The Balaban J connectivity index is 2.79. The van der Waals surface area contributed by atoms with Gasteiger partial charge in [-0.2, -0.15) is 18.4 Å². The Morgan fingerprint density at radius 3 is 1.92 bits per heavy atom. The maximum absolute atomic E-state index is 13.2. The van der Waals surface area contributed by atoms with Crippen molar-refractivity contribution < 1.29 is 13.2 Å². The molecular weight excluding hydrogens is 430 g/mol. The fourth-order valence-electron chi connectivity index (χ4n) is 1.95. The van der Waals surface area contributed by atoms with E-state index >= 15 is 0 Å². The quantitative estimate of drug-likeness (QED) is 0.373. The molecule has 0 saturated carbocycles. The molecule has 1 aromatic carbocycles. The van der Waals surface area contributed by atoms with Crippen LogP contribution in [-0.2, 0) is 12.6 Å². The molecule has 0 fully saturated rings. The maximum Gasteiger partial charge on any atom is 0.418 e. The largest absolute Gasteiger partial charge is 0.418 e. The van der Waals surface area contributed by atoms with E-state index in [2.05, 4.69) is 4.98 Å². The van der Waals surface area contributed by atoms with Crippen LogP contribution in [0.2, 0.25) is 25.1 Å². The van der Waals surface area contributed by atoms with Gasteiger partial charge in [0, 0.05) is 17.3 Å². The number of rotatable bonds is 2. The third-order valence-electron chi connectivity index (χ3n) is 3.02. The Morgan fingerprint density at radius 1 is 0.958 bits per heavy atom. The van der Waals surface area contributed by atoms with Crippen molar-refractivity contribution in [1.82, 2.24) is 4.98 Å². The molecule has 2 aromatic rings. The lowest BCUT2D eigenvalue weighted by atomic mass is 10.0. The highest BCUT2D eigenvalue weighted by atomic mass is 35.5. The minimum atomic E-state index is -4.71. The Kier molecular flexibility index (Phi) is 5.79. The van der Waals surface area contributed by atoms with Crippen LogP contribution in [0.25, 0.3) is 11.1 Å². The summed E-state index contributed by atoms with van der Waals surface area (Å²) in [5, 5.41) is 7.94. The van der Waals surface area contributed by atoms with Crippen LogP contribution in [0.15, 0.2) is 12.3 Å². The van der Waals surface area contributed by atoms with Crippen molar-refractivity contribution in [3.63, 3.8) is 0 Å². The third-order valence-corrected chi connectivity index (χ3v) is 5.30. The molecule has 2 nitrogen and oxygen atoms in total. The molecule has 0 aliphatic heterocycles. The highest BCUT2D eigenvalue weighted by Crippen LogP contribution is 2.48. The molecule has 0 unspecified atom stereocenters. The highest BCUT2D eigenvalue weighted by Gasteiger charge is 2.35. The lowest BCUT2D eigenvalue weighted by Gasteiger charge is -2.15. The number of benzene rings is 1. The summed E-state index contributed by atoms with van der Waals surface area (Å²) in [5.41, 5.74) is -1.57. The molecule has 1 aromatic heterocycles. The van der Waals surface area contributed by atoms with Crippen LogP contribution in [0.1, 0.15) is 11.3 Å². The molecular formula is C14H4Cl5F3N2. The molecule has 0 aliphatic rings. The summed E-state index contributed by atoms with van der Waals surface area (Å²) in [7, 11) is 0. The Morgan fingerprint density at radius 2 is 1.46 bits per heavy atom. The standard InChI is InChI=1S/C14H4Cl5F3N2/c15-9-8(10(16)12(18)13(19)11(9)17)5-3-6(14(20,21)22)7(1-2-23)24-4-5/h3-4H,1H2. The number of aromatic nitrogens is 1. The number of halogens is 8. The topological polar surface area (TPSA) is 36.7 Å². The number of alkyl halides is 3. The SMILES string of the molecule is N#CCc1ncc(-c2c(Cl)c(Cl)c(Cl)c(Cl)c2Cl)cc1C(F)(F)F. The summed E-state index contributed by atoms with van der Waals surface area (Å²) in [6, 6.07) is 2.41. The van der Waals surface area contributed by atoms with Crippen molar-refractivity contribution >= 4 is 58.0 Å². The molecule has 1 heterocycles. The summed E-state index contributed by atoms with van der Waals surface area (Å²) < 4.78 is 39.6. The minimum Gasteiger partial charge on any atom is -0.259 e. The monoisotopic (exact) mass is 432 g/mol. The molecule has 0 bridgehead atoms. The predicted octanol–water partition coefficient (Wildman–Crippen LogP) is 7.10. The van der Waals surface area contributed by atoms with E-state index < -0.39 is 23.9 Å². The van der Waals surface area contributed by atoms with Gasteiger partial charge in [-0.1, -0.05) is 58.0 Å². The van der Waals surface area contributed by atoms with Crippen molar-refractivity contribution in [2.45, 2.75) is 12.6 Å². The molecule has 10 heteroatoms. The van der Waals surface area contributed by atoms with Gasteiger partial charge in [0.25, 0.3) is 0 Å². The minimum absolute atomic E-state index is 0.0285. The van der Waals surface area contributed by atoms with Crippen molar-refractivity contribution in [2.75, 3.05) is 0 Å². The van der Waals surface area contributed by atoms with Crippen molar-refractivity contribution in [2.24, 2.45) is 0 Å². The predicted molar refractivity (Wildman–Crippen MR) is 89.0 cm³/mol. The van der Waals surface area contributed by atoms with Crippen LogP contribution in [0, 0.1) is 11.3 Å². The van der Waals surface area contributed by atoms with Crippen LogP contribution < -0.4 is 0 Å². The van der Waals surface area contributed by atoms with Crippen LogP contribution in [-0.4, -0.2) is 4.98 Å². The average molecular weight is 434 g/mol. The van der Waals surface area contributed by atoms with Crippen molar-refractivity contribution in [3.05, 3.63) is 48.6 Å². The van der Waals surface area contributed by atoms with Crippen LogP contribution in [0.4, 0.5) is 13.2 Å². The van der Waals surface area contributed by atoms with E-state index in [1.165, 1.54) is 0 Å². The Hall–Kier alpha value is -0.900. The fraction of sp³-hybridized carbons (Fsp3) is 0.143. The summed E-state index contributed by atoms with van der Waals surface area (Å²) >= 11 is 29.8. The first-order chi connectivity index (χ1) is 11.1. The maximum atomic E-state index is 13.2. The van der Waals surface area contributed by atoms with Gasteiger partial charge >= 0.3 is 6.18 Å². The molecule has 0 N–H and O–H groups in total. The molecule has 126 valence electrons. The molecule has 0 amide bonds. The van der Waals surface area contributed by atoms with E-state index in [1.54, 1.807) is 6.07 Å². The number of nitriles is 1. The van der Waals surface area contributed by atoms with E-state index in [0.29, 0.717) is 0 Å². The van der Waals surface area contributed by atoms with Crippen molar-refractivity contribution in [3.8, 4) is 17.2 Å². The van der Waals surface area contributed by atoms with E-state index in [4.69, 9.17) is 63.3 Å². The fourth-order valence-corrected chi connectivity index (χ4v) is 3.31. The zero-order chi connectivity index (χ0) is 18.2. The normalized spacial score (nSPS) is 11.5. The van der Waals surface area contributed by atoms with Gasteiger partial charge in [0.05, 0.1) is 48.9 Å². The van der Waals surface area contributed by atoms with E-state index in [9.17, 15) is 13.2 Å². The Bertz CT molecular complexity index is 830. The Labute approximate surface area is 159 Å². The van der Waals surface area contributed by atoms with Gasteiger partial charge in [0.2, 0.25) is 0 Å². The summed E-state index contributed by atoms with van der Waals surface area (Å²) in [5.74, 6) is 0.